The molecule has 5 rings (SSSR count). The number of hydrogen-bond donors (Lipinski definition) is 1. The van der Waals surface area contributed by atoms with Crippen molar-refractivity contribution >= 4 is 23.6 Å². The third kappa shape index (κ3) is 2.29. The average molecular weight is 321 g/mol. The van der Waals surface area contributed by atoms with Gasteiger partial charge in [0, 0.05) is 11.4 Å². The van der Waals surface area contributed by atoms with E-state index in [1.807, 2.05) is 0 Å². The lowest BCUT2D eigenvalue weighted by atomic mass is 9.49. The van der Waals surface area contributed by atoms with Crippen LogP contribution in [-0.4, -0.2) is 24.7 Å². The van der Waals surface area contributed by atoms with Crippen LogP contribution < -0.4 is 5.32 Å². The second kappa shape index (κ2) is 5.29. The lowest BCUT2D eigenvalue weighted by Gasteiger charge is -2.55. The second-order valence-corrected chi connectivity index (χ2v) is 8.65. The molecule has 120 valence electrons. The fourth-order valence-corrected chi connectivity index (χ4v) is 6.55. The molecule has 4 nitrogen and oxygen atoms in total. The maximum absolute atomic E-state index is 13.0. The summed E-state index contributed by atoms with van der Waals surface area (Å²) in [6.07, 6.45) is 7.92. The van der Waals surface area contributed by atoms with Crippen molar-refractivity contribution in [2.45, 2.75) is 44.9 Å². The zero-order valence-corrected chi connectivity index (χ0v) is 13.8. The Balaban J connectivity index is 1.54. The normalized spacial score (nSPS) is 39.2. The largest absolute Gasteiger partial charge is 0.465 e. The Kier molecular flexibility index (Phi) is 3.51. The molecule has 5 heteroatoms. The molecule has 1 aliphatic heterocycles. The molecule has 4 saturated carbocycles. The van der Waals surface area contributed by atoms with Crippen LogP contribution in [-0.2, 0) is 14.3 Å². The first-order chi connectivity index (χ1) is 10.6. The average Bonchev–Trinajstić information content (AvgIpc) is 2.93. The minimum absolute atomic E-state index is 0.157. The highest BCUT2D eigenvalue weighted by atomic mass is 32.2. The number of ether oxygens (including phenoxy) is 1. The molecule has 1 N–H and O–H groups in total. The van der Waals surface area contributed by atoms with Crippen LogP contribution in [0, 0.1) is 23.2 Å². The van der Waals surface area contributed by atoms with Gasteiger partial charge in [-0.15, -0.1) is 11.8 Å². The number of nitrogens with one attached hydrogen (secondary N) is 1. The van der Waals surface area contributed by atoms with Crippen molar-refractivity contribution in [3.05, 3.63) is 10.6 Å². The van der Waals surface area contributed by atoms with Crippen LogP contribution in [0.5, 0.6) is 0 Å². The summed E-state index contributed by atoms with van der Waals surface area (Å²) in [7, 11) is 1.40. The molecule has 0 radical (unpaired) electrons. The Hall–Kier alpha value is -0.970. The van der Waals surface area contributed by atoms with E-state index in [1.165, 1.54) is 38.1 Å². The highest BCUT2D eigenvalue weighted by Crippen LogP contribution is 2.60. The molecule has 22 heavy (non-hydrogen) atoms. The van der Waals surface area contributed by atoms with Crippen molar-refractivity contribution < 1.29 is 14.3 Å². The Labute approximate surface area is 135 Å². The molecule has 4 aliphatic carbocycles. The van der Waals surface area contributed by atoms with Gasteiger partial charge < -0.3 is 10.1 Å². The molecule has 4 bridgehead atoms. The summed E-state index contributed by atoms with van der Waals surface area (Å²) < 4.78 is 4.83. The number of hydrogen-bond acceptors (Lipinski definition) is 4. The van der Waals surface area contributed by atoms with Crippen molar-refractivity contribution in [1.82, 2.24) is 5.32 Å². The summed E-state index contributed by atoms with van der Waals surface area (Å²) in [6.45, 7) is 0. The molecule has 1 heterocycles. The van der Waals surface area contributed by atoms with Gasteiger partial charge in [-0.2, -0.15) is 0 Å². The summed E-state index contributed by atoms with van der Waals surface area (Å²) in [5.74, 6) is 2.96. The van der Waals surface area contributed by atoms with Crippen LogP contribution >= 0.6 is 11.8 Å². The van der Waals surface area contributed by atoms with Crippen LogP contribution in [0.3, 0.4) is 0 Å². The predicted octanol–water partition coefficient (Wildman–Crippen LogP) is 2.84. The molecule has 0 aromatic carbocycles. The minimum Gasteiger partial charge on any atom is -0.465 e. The van der Waals surface area contributed by atoms with E-state index in [4.69, 9.17) is 4.74 Å². The third-order valence-corrected chi connectivity index (χ3v) is 7.14. The first-order valence-electron chi connectivity index (χ1n) is 8.35. The van der Waals surface area contributed by atoms with Gasteiger partial charge in [-0.1, -0.05) is 0 Å². The topological polar surface area (TPSA) is 55.4 Å². The smallest absolute Gasteiger partial charge is 0.346 e. The van der Waals surface area contributed by atoms with E-state index in [0.717, 1.165) is 54.9 Å². The van der Waals surface area contributed by atoms with Crippen LogP contribution in [0.2, 0.25) is 0 Å². The van der Waals surface area contributed by atoms with Crippen molar-refractivity contribution in [3.8, 4) is 0 Å². The summed E-state index contributed by atoms with van der Waals surface area (Å²) in [5, 5.41) is 3.12. The SMILES string of the molecule is COC(=O)C1=C(NC(=O)C23CC4CC(CC(C4)C2)C3)CCS1. The number of rotatable bonds is 3. The van der Waals surface area contributed by atoms with Gasteiger partial charge in [0.15, 0.2) is 0 Å². The van der Waals surface area contributed by atoms with E-state index >= 15 is 0 Å². The zero-order chi connectivity index (χ0) is 15.3. The maximum atomic E-state index is 13.0. The van der Waals surface area contributed by atoms with Crippen molar-refractivity contribution in [1.29, 1.82) is 0 Å². The van der Waals surface area contributed by atoms with Gasteiger partial charge in [0.1, 0.15) is 4.91 Å². The number of allylic oxidation sites excluding steroid dienone is 1. The fraction of sp³-hybridized carbons (Fsp3) is 0.765. The number of thioether (sulfide) groups is 1. The van der Waals surface area contributed by atoms with Crippen LogP contribution in [0.4, 0.5) is 0 Å². The maximum Gasteiger partial charge on any atom is 0.346 e. The van der Waals surface area contributed by atoms with E-state index < -0.39 is 0 Å². The summed E-state index contributed by atoms with van der Waals surface area (Å²) >= 11 is 1.49. The Bertz CT molecular complexity index is 519. The second-order valence-electron chi connectivity index (χ2n) is 7.55. The number of esters is 1. The van der Waals surface area contributed by atoms with Gasteiger partial charge in [-0.25, -0.2) is 4.79 Å². The molecule has 0 unspecified atom stereocenters. The number of carbonyl (C=O) groups is 2. The number of amides is 1. The molecule has 5 aliphatic rings. The molecule has 0 spiro atoms. The van der Waals surface area contributed by atoms with Crippen molar-refractivity contribution in [2.75, 3.05) is 12.9 Å². The molecular weight excluding hydrogens is 298 g/mol. The molecule has 4 fully saturated rings. The van der Waals surface area contributed by atoms with E-state index in [-0.39, 0.29) is 17.3 Å². The van der Waals surface area contributed by atoms with Crippen molar-refractivity contribution in [3.63, 3.8) is 0 Å². The van der Waals surface area contributed by atoms with E-state index in [1.54, 1.807) is 0 Å². The van der Waals surface area contributed by atoms with E-state index in [9.17, 15) is 9.59 Å². The van der Waals surface area contributed by atoms with E-state index in [2.05, 4.69) is 5.32 Å². The molecule has 0 saturated heterocycles. The predicted molar refractivity (Wildman–Crippen MR) is 84.9 cm³/mol. The van der Waals surface area contributed by atoms with Crippen LogP contribution in [0.25, 0.3) is 0 Å². The van der Waals surface area contributed by atoms with Gasteiger partial charge in [0.25, 0.3) is 0 Å². The Morgan fingerprint density at radius 3 is 2.27 bits per heavy atom. The lowest BCUT2D eigenvalue weighted by molar-refractivity contribution is -0.145. The standard InChI is InChI=1S/C17H23NO3S/c1-21-15(19)14-13(2-3-22-14)18-16(20)17-7-10-4-11(8-17)6-12(5-10)9-17/h10-12H,2-9H2,1H3,(H,18,20). The van der Waals surface area contributed by atoms with Crippen molar-refractivity contribution in [2.24, 2.45) is 23.2 Å². The van der Waals surface area contributed by atoms with Crippen LogP contribution in [0.1, 0.15) is 44.9 Å². The Morgan fingerprint density at radius 2 is 1.73 bits per heavy atom. The van der Waals surface area contributed by atoms with Gasteiger partial charge in [0.05, 0.1) is 12.5 Å². The first kappa shape index (κ1) is 14.6. The molecule has 0 atom stereocenters. The van der Waals surface area contributed by atoms with E-state index in [0.29, 0.717) is 4.91 Å². The zero-order valence-electron chi connectivity index (χ0n) is 13.0. The third-order valence-electron chi connectivity index (χ3n) is 6.03. The monoisotopic (exact) mass is 321 g/mol. The minimum atomic E-state index is -0.316. The van der Waals surface area contributed by atoms with Gasteiger partial charge in [-0.05, 0) is 62.7 Å². The fourth-order valence-electron chi connectivity index (χ4n) is 5.51. The first-order valence-corrected chi connectivity index (χ1v) is 9.34. The molecular formula is C17H23NO3S. The highest BCUT2D eigenvalue weighted by molar-refractivity contribution is 8.04. The molecule has 0 aromatic rings. The molecule has 0 aromatic heterocycles. The van der Waals surface area contributed by atoms with Gasteiger partial charge in [-0.3, -0.25) is 4.79 Å². The number of methoxy groups -OCH3 is 1. The summed E-state index contributed by atoms with van der Waals surface area (Å²) in [4.78, 5) is 25.4. The Morgan fingerprint density at radius 1 is 1.14 bits per heavy atom. The highest BCUT2D eigenvalue weighted by Gasteiger charge is 2.54. The summed E-state index contributed by atoms with van der Waals surface area (Å²) in [6, 6.07) is 0. The molecule has 1 amide bonds. The summed E-state index contributed by atoms with van der Waals surface area (Å²) in [5.41, 5.74) is 0.633. The quantitative estimate of drug-likeness (QED) is 0.812. The number of carbonyl (C=O) groups excluding carboxylic acids is 2. The van der Waals surface area contributed by atoms with Gasteiger partial charge in [0.2, 0.25) is 5.91 Å². The van der Waals surface area contributed by atoms with Crippen LogP contribution in [0.15, 0.2) is 10.6 Å². The van der Waals surface area contributed by atoms with Gasteiger partial charge >= 0.3 is 5.97 Å². The lowest BCUT2D eigenvalue weighted by Crippen LogP contribution is -2.53.